The van der Waals surface area contributed by atoms with Gasteiger partial charge in [0.15, 0.2) is 0 Å². The molecule has 0 radical (unpaired) electrons. The summed E-state index contributed by atoms with van der Waals surface area (Å²) in [5, 5.41) is 11.3. The number of nitrogens with one attached hydrogen (secondary N) is 1. The molecular formula is C15H27N3O5S. The first kappa shape index (κ1) is 19.0. The maximum atomic E-state index is 12.7. The number of piperidine rings is 1. The number of likely N-dealkylation sites (tertiary alicyclic amines) is 1. The molecule has 0 aromatic carbocycles. The highest BCUT2D eigenvalue weighted by Gasteiger charge is 2.40. The zero-order valence-electron chi connectivity index (χ0n) is 14.5. The third-order valence-electron chi connectivity index (χ3n) is 4.70. The van der Waals surface area contributed by atoms with Crippen LogP contribution in [0.1, 0.15) is 40.0 Å². The maximum Gasteiger partial charge on any atom is 0.405 e. The van der Waals surface area contributed by atoms with Gasteiger partial charge in [0.25, 0.3) is 0 Å². The Morgan fingerprint density at radius 1 is 1.17 bits per heavy atom. The molecule has 0 aromatic heterocycles. The quantitative estimate of drug-likeness (QED) is 0.769. The van der Waals surface area contributed by atoms with Gasteiger partial charge in [-0.25, -0.2) is 13.2 Å². The second kappa shape index (κ2) is 6.87. The lowest BCUT2D eigenvalue weighted by Gasteiger charge is -2.39. The van der Waals surface area contributed by atoms with E-state index in [1.165, 1.54) is 0 Å². The molecule has 2 heterocycles. The van der Waals surface area contributed by atoms with Crippen LogP contribution in [0.2, 0.25) is 0 Å². The lowest BCUT2D eigenvalue weighted by Crippen LogP contribution is -2.57. The molecule has 0 aliphatic carbocycles. The Kier molecular flexibility index (Phi) is 5.44. The van der Waals surface area contributed by atoms with Gasteiger partial charge < -0.3 is 15.3 Å². The number of carboxylic acid groups (broad SMARTS) is 1. The molecule has 0 aromatic rings. The van der Waals surface area contributed by atoms with Gasteiger partial charge >= 0.3 is 6.09 Å². The summed E-state index contributed by atoms with van der Waals surface area (Å²) in [6, 6.07) is -0.871. The van der Waals surface area contributed by atoms with Crippen LogP contribution in [0.25, 0.3) is 0 Å². The summed E-state index contributed by atoms with van der Waals surface area (Å²) in [5.74, 6) is -0.0338. The Labute approximate surface area is 143 Å². The summed E-state index contributed by atoms with van der Waals surface area (Å²) in [7, 11) is -3.14. The van der Waals surface area contributed by atoms with Crippen molar-refractivity contribution in [2.75, 3.05) is 25.4 Å². The van der Waals surface area contributed by atoms with E-state index < -0.39 is 27.6 Å². The predicted molar refractivity (Wildman–Crippen MR) is 89.1 cm³/mol. The van der Waals surface area contributed by atoms with Gasteiger partial charge in [-0.15, -0.1) is 0 Å². The Morgan fingerprint density at radius 3 is 2.17 bits per heavy atom. The number of amides is 2. The summed E-state index contributed by atoms with van der Waals surface area (Å²) >= 11 is 0. The fourth-order valence-electron chi connectivity index (χ4n) is 3.40. The summed E-state index contributed by atoms with van der Waals surface area (Å²) in [5.41, 5.74) is -0.537. The van der Waals surface area contributed by atoms with Crippen LogP contribution in [0.4, 0.5) is 4.79 Å². The molecule has 0 unspecified atom stereocenters. The molecule has 9 heteroatoms. The number of hydrogen-bond donors (Lipinski definition) is 2. The normalized spacial score (nSPS) is 23.9. The van der Waals surface area contributed by atoms with Crippen molar-refractivity contribution in [3.63, 3.8) is 0 Å². The van der Waals surface area contributed by atoms with Gasteiger partial charge in [-0.1, -0.05) is 20.8 Å². The maximum absolute atomic E-state index is 12.7. The molecule has 0 spiro atoms. The first-order valence-electron chi connectivity index (χ1n) is 8.30. The van der Waals surface area contributed by atoms with Gasteiger partial charge in [0.1, 0.15) is 6.04 Å². The Bertz CT molecular complexity index is 591. The smallest absolute Gasteiger partial charge is 0.405 e. The van der Waals surface area contributed by atoms with Crippen LogP contribution in [0, 0.1) is 5.41 Å². The fourth-order valence-corrected chi connectivity index (χ4v) is 5.20. The Hall–Kier alpha value is -1.35. The van der Waals surface area contributed by atoms with Crippen molar-refractivity contribution in [3.8, 4) is 0 Å². The zero-order valence-corrected chi connectivity index (χ0v) is 15.3. The number of carbonyl (C=O) groups is 2. The van der Waals surface area contributed by atoms with E-state index in [0.29, 0.717) is 38.9 Å². The second-order valence-corrected chi connectivity index (χ2v) is 9.63. The highest BCUT2D eigenvalue weighted by molar-refractivity contribution is 7.89. The molecule has 2 fully saturated rings. The van der Waals surface area contributed by atoms with E-state index >= 15 is 0 Å². The van der Waals surface area contributed by atoms with Crippen molar-refractivity contribution in [3.05, 3.63) is 0 Å². The number of rotatable bonds is 3. The van der Waals surface area contributed by atoms with E-state index in [1.807, 2.05) is 20.8 Å². The van der Waals surface area contributed by atoms with Gasteiger partial charge in [0.2, 0.25) is 15.9 Å². The van der Waals surface area contributed by atoms with Gasteiger partial charge in [0.05, 0.1) is 5.75 Å². The monoisotopic (exact) mass is 361 g/mol. The molecule has 138 valence electrons. The zero-order chi connectivity index (χ0) is 18.1. The van der Waals surface area contributed by atoms with Crippen LogP contribution in [0.5, 0.6) is 0 Å². The molecule has 8 nitrogen and oxygen atoms in total. The highest BCUT2D eigenvalue weighted by atomic mass is 32.2. The van der Waals surface area contributed by atoms with Gasteiger partial charge in [-0.2, -0.15) is 4.31 Å². The van der Waals surface area contributed by atoms with Crippen LogP contribution in [-0.2, 0) is 14.8 Å². The van der Waals surface area contributed by atoms with Crippen LogP contribution in [0.15, 0.2) is 0 Å². The average Bonchev–Trinajstić information content (AvgIpc) is 2.82. The van der Waals surface area contributed by atoms with Crippen molar-refractivity contribution in [2.45, 2.75) is 52.1 Å². The molecule has 2 rings (SSSR count). The SMILES string of the molecule is CC(C)(C)[C@@H](NC(=O)O)C(=O)N1CCC(N2CCCS2(=O)=O)CC1. The molecule has 1 atom stereocenters. The summed E-state index contributed by atoms with van der Waals surface area (Å²) in [6.45, 7) is 6.90. The first-order chi connectivity index (χ1) is 11.0. The second-order valence-electron chi connectivity index (χ2n) is 7.59. The van der Waals surface area contributed by atoms with Crippen molar-refractivity contribution < 1.29 is 23.1 Å². The fraction of sp³-hybridized carbons (Fsp3) is 0.867. The number of carbonyl (C=O) groups excluding carboxylic acids is 1. The van der Waals surface area contributed by atoms with E-state index in [-0.39, 0.29) is 17.7 Å². The summed E-state index contributed by atoms with van der Waals surface area (Å²) in [4.78, 5) is 25.3. The molecule has 2 aliphatic rings. The first-order valence-corrected chi connectivity index (χ1v) is 9.91. The van der Waals surface area contributed by atoms with Crippen molar-refractivity contribution >= 4 is 22.0 Å². The highest BCUT2D eigenvalue weighted by Crippen LogP contribution is 2.27. The largest absolute Gasteiger partial charge is 0.465 e. The van der Waals surface area contributed by atoms with Crippen molar-refractivity contribution in [1.82, 2.24) is 14.5 Å². The van der Waals surface area contributed by atoms with E-state index in [2.05, 4.69) is 5.32 Å². The van der Waals surface area contributed by atoms with Crippen LogP contribution in [0.3, 0.4) is 0 Å². The van der Waals surface area contributed by atoms with E-state index in [1.54, 1.807) is 9.21 Å². The van der Waals surface area contributed by atoms with Crippen LogP contribution >= 0.6 is 0 Å². The lowest BCUT2D eigenvalue weighted by atomic mass is 9.85. The molecular weight excluding hydrogens is 334 g/mol. The molecule has 2 saturated heterocycles. The number of nitrogens with zero attached hydrogens (tertiary/aromatic N) is 2. The third kappa shape index (κ3) is 4.18. The summed E-state index contributed by atoms with van der Waals surface area (Å²) < 4.78 is 25.6. The Balaban J connectivity index is 2.00. The van der Waals surface area contributed by atoms with Crippen molar-refractivity contribution in [2.24, 2.45) is 5.41 Å². The molecule has 0 bridgehead atoms. The Morgan fingerprint density at radius 2 is 1.75 bits per heavy atom. The molecule has 2 aliphatic heterocycles. The van der Waals surface area contributed by atoms with Crippen LogP contribution < -0.4 is 5.32 Å². The van der Waals surface area contributed by atoms with Crippen molar-refractivity contribution in [1.29, 1.82) is 0 Å². The predicted octanol–water partition coefficient (Wildman–Crippen LogP) is 0.695. The molecule has 0 saturated carbocycles. The van der Waals surface area contributed by atoms with Gasteiger partial charge in [0, 0.05) is 25.7 Å². The standard InChI is InChI=1S/C15H27N3O5S/c1-15(2,3)12(16-14(20)21)13(19)17-8-5-11(6-9-17)18-7-4-10-24(18,22)23/h11-12,16H,4-10H2,1-3H3,(H,20,21)/t12-/m0/s1. The third-order valence-corrected chi connectivity index (χ3v) is 6.70. The van der Waals surface area contributed by atoms with Gasteiger partial charge in [-0.05, 0) is 24.7 Å². The summed E-state index contributed by atoms with van der Waals surface area (Å²) in [6.07, 6.45) is 0.626. The topological polar surface area (TPSA) is 107 Å². The average molecular weight is 361 g/mol. The molecule has 24 heavy (non-hydrogen) atoms. The van der Waals surface area contributed by atoms with Crippen LogP contribution in [-0.4, -0.2) is 72.2 Å². The molecule has 2 N–H and O–H groups in total. The minimum absolute atomic E-state index is 0.0536. The lowest BCUT2D eigenvalue weighted by molar-refractivity contribution is -0.137. The number of sulfonamides is 1. The minimum atomic E-state index is -3.14. The van der Waals surface area contributed by atoms with E-state index in [0.717, 1.165) is 0 Å². The van der Waals surface area contributed by atoms with Gasteiger partial charge in [-0.3, -0.25) is 4.79 Å². The van der Waals surface area contributed by atoms with E-state index in [9.17, 15) is 18.0 Å². The van der Waals surface area contributed by atoms with E-state index in [4.69, 9.17) is 5.11 Å². The minimum Gasteiger partial charge on any atom is -0.465 e. The molecule has 2 amide bonds. The number of hydrogen-bond acceptors (Lipinski definition) is 4.